The molecule has 2 aliphatic heterocycles. The Bertz CT molecular complexity index is 653. The average molecular weight is 407 g/mol. The third-order valence-electron chi connectivity index (χ3n) is 6.07. The first-order valence-corrected chi connectivity index (χ1v) is 11.0. The quantitative estimate of drug-likeness (QED) is 0.578. The average Bonchev–Trinajstić information content (AvgIpc) is 3.15. The van der Waals surface area contributed by atoms with E-state index in [1.54, 1.807) is 0 Å². The molecule has 156 valence electrons. The molecule has 1 aromatic carbocycles. The van der Waals surface area contributed by atoms with Crippen LogP contribution in [0.2, 0.25) is 5.02 Å². The maximum atomic E-state index is 6.28. The summed E-state index contributed by atoms with van der Waals surface area (Å²) in [5, 5.41) is 4.48. The van der Waals surface area contributed by atoms with Crippen molar-refractivity contribution in [3.05, 3.63) is 34.9 Å². The maximum Gasteiger partial charge on any atom is 0.193 e. The van der Waals surface area contributed by atoms with Crippen LogP contribution in [0.4, 0.5) is 0 Å². The predicted octanol–water partition coefficient (Wildman–Crippen LogP) is 3.66. The highest BCUT2D eigenvalue weighted by Crippen LogP contribution is 2.35. The van der Waals surface area contributed by atoms with Crippen LogP contribution in [0.25, 0.3) is 0 Å². The minimum Gasteiger partial charge on any atom is -0.381 e. The van der Waals surface area contributed by atoms with Crippen LogP contribution in [0.15, 0.2) is 29.3 Å². The van der Waals surface area contributed by atoms with Crippen molar-refractivity contribution in [1.82, 2.24) is 15.1 Å². The van der Waals surface area contributed by atoms with E-state index in [1.807, 2.05) is 13.1 Å². The van der Waals surface area contributed by atoms with Crippen molar-refractivity contribution in [2.24, 2.45) is 16.8 Å². The molecule has 1 N–H and O–H groups in total. The number of benzene rings is 1. The first-order chi connectivity index (χ1) is 13.6. The number of aliphatic imine (C=N–C) groups is 1. The number of nitrogens with one attached hydrogen (secondary N) is 1. The van der Waals surface area contributed by atoms with E-state index in [0.717, 1.165) is 50.4 Å². The van der Waals surface area contributed by atoms with Crippen LogP contribution in [0.3, 0.4) is 0 Å². The molecule has 2 saturated heterocycles. The Morgan fingerprint density at radius 1 is 1.32 bits per heavy atom. The molecule has 3 rings (SSSR count). The smallest absolute Gasteiger partial charge is 0.193 e. The van der Waals surface area contributed by atoms with Crippen molar-refractivity contribution in [3.8, 4) is 0 Å². The lowest BCUT2D eigenvalue weighted by molar-refractivity contribution is 0.114. The molecule has 2 heterocycles. The minimum absolute atomic E-state index is 0.391. The minimum atomic E-state index is 0.391. The summed E-state index contributed by atoms with van der Waals surface area (Å²) >= 11 is 6.28. The summed E-state index contributed by atoms with van der Waals surface area (Å²) in [6.07, 6.45) is 3.63. The zero-order chi connectivity index (χ0) is 19.9. The number of likely N-dealkylation sites (tertiary alicyclic amines) is 2. The number of nitrogens with zero attached hydrogens (tertiary/aromatic N) is 3. The number of rotatable bonds is 6. The second-order valence-electron chi connectivity index (χ2n) is 8.07. The summed E-state index contributed by atoms with van der Waals surface area (Å²) in [7, 11) is 4.12. The topological polar surface area (TPSA) is 40.1 Å². The lowest BCUT2D eigenvalue weighted by Crippen LogP contribution is -2.46. The van der Waals surface area contributed by atoms with Gasteiger partial charge in [0.05, 0.1) is 6.61 Å². The molecule has 0 amide bonds. The molecule has 0 radical (unpaired) electrons. The molecule has 28 heavy (non-hydrogen) atoms. The number of guanidine groups is 1. The van der Waals surface area contributed by atoms with Crippen LogP contribution < -0.4 is 5.32 Å². The molecule has 0 spiro atoms. The fourth-order valence-electron chi connectivity index (χ4n) is 4.69. The zero-order valence-electron chi connectivity index (χ0n) is 17.5. The Hall–Kier alpha value is -1.30. The summed E-state index contributed by atoms with van der Waals surface area (Å²) in [5.41, 5.74) is 1.31. The fourth-order valence-corrected chi connectivity index (χ4v) is 4.89. The van der Waals surface area contributed by atoms with E-state index in [-0.39, 0.29) is 0 Å². The van der Waals surface area contributed by atoms with Crippen molar-refractivity contribution in [1.29, 1.82) is 0 Å². The molecule has 3 atom stereocenters. The Balaban J connectivity index is 1.61. The third-order valence-corrected chi connectivity index (χ3v) is 6.31. The highest BCUT2D eigenvalue weighted by molar-refractivity contribution is 6.30. The SMILES string of the molecule is CCOCC1CCN(C(=NC)NCC2CCCN(C)C2c2cccc(Cl)c2)C1. The van der Waals surface area contributed by atoms with Crippen molar-refractivity contribution >= 4 is 17.6 Å². The van der Waals surface area contributed by atoms with Crippen molar-refractivity contribution in [2.75, 3.05) is 53.5 Å². The van der Waals surface area contributed by atoms with Crippen LogP contribution in [-0.2, 0) is 4.74 Å². The second-order valence-corrected chi connectivity index (χ2v) is 8.51. The predicted molar refractivity (Wildman–Crippen MR) is 117 cm³/mol. The molecular weight excluding hydrogens is 372 g/mol. The van der Waals surface area contributed by atoms with Crippen LogP contribution in [0.5, 0.6) is 0 Å². The molecule has 5 nitrogen and oxygen atoms in total. The highest BCUT2D eigenvalue weighted by Gasteiger charge is 2.31. The van der Waals surface area contributed by atoms with E-state index in [0.29, 0.717) is 17.9 Å². The van der Waals surface area contributed by atoms with Crippen molar-refractivity contribution < 1.29 is 4.74 Å². The Kier molecular flexibility index (Phi) is 8.00. The summed E-state index contributed by atoms with van der Waals surface area (Å²) in [5.74, 6) is 2.17. The van der Waals surface area contributed by atoms with E-state index in [1.165, 1.54) is 24.8 Å². The molecule has 2 aliphatic rings. The molecule has 6 heteroatoms. The highest BCUT2D eigenvalue weighted by atomic mass is 35.5. The number of hydrogen-bond acceptors (Lipinski definition) is 3. The van der Waals surface area contributed by atoms with E-state index in [2.05, 4.69) is 52.3 Å². The number of piperidine rings is 1. The van der Waals surface area contributed by atoms with Gasteiger partial charge in [0.15, 0.2) is 5.96 Å². The Morgan fingerprint density at radius 2 is 2.18 bits per heavy atom. The standard InChI is InChI=1S/C22H35ClN4O/c1-4-28-16-17-10-12-27(15-17)22(24-2)25-14-19-8-6-11-26(3)21(19)18-7-5-9-20(23)13-18/h5,7,9,13,17,19,21H,4,6,8,10-12,14-16H2,1-3H3,(H,24,25). The normalized spacial score (nSPS) is 26.6. The van der Waals surface area contributed by atoms with Crippen molar-refractivity contribution in [3.63, 3.8) is 0 Å². The van der Waals surface area contributed by atoms with Crippen molar-refractivity contribution in [2.45, 2.75) is 32.2 Å². The van der Waals surface area contributed by atoms with Gasteiger partial charge in [-0.25, -0.2) is 0 Å². The Labute approximate surface area is 175 Å². The molecule has 1 aromatic rings. The lowest BCUT2D eigenvalue weighted by Gasteiger charge is -2.40. The van der Waals surface area contributed by atoms with Gasteiger partial charge in [-0.15, -0.1) is 0 Å². The van der Waals surface area contributed by atoms with Gasteiger partial charge in [0.25, 0.3) is 0 Å². The van der Waals surface area contributed by atoms with E-state index >= 15 is 0 Å². The summed E-state index contributed by atoms with van der Waals surface area (Å²) < 4.78 is 5.62. The molecule has 3 unspecified atom stereocenters. The largest absolute Gasteiger partial charge is 0.381 e. The second kappa shape index (κ2) is 10.5. The summed E-state index contributed by atoms with van der Waals surface area (Å²) in [6, 6.07) is 8.73. The van der Waals surface area contributed by atoms with Gasteiger partial charge in [-0.2, -0.15) is 0 Å². The molecule has 0 bridgehead atoms. The molecule has 0 saturated carbocycles. The van der Waals surface area contributed by atoms with Gasteiger partial charge in [-0.05, 0) is 63.4 Å². The number of ether oxygens (including phenoxy) is 1. The molecule has 0 aliphatic carbocycles. The first-order valence-electron chi connectivity index (χ1n) is 10.6. The number of halogens is 1. The maximum absolute atomic E-state index is 6.28. The third kappa shape index (κ3) is 5.40. The van der Waals surface area contributed by atoms with Gasteiger partial charge in [0.2, 0.25) is 0 Å². The van der Waals surface area contributed by atoms with Gasteiger partial charge in [0.1, 0.15) is 0 Å². The monoisotopic (exact) mass is 406 g/mol. The van der Waals surface area contributed by atoms with Gasteiger partial charge in [-0.1, -0.05) is 23.7 Å². The van der Waals surface area contributed by atoms with Gasteiger partial charge >= 0.3 is 0 Å². The lowest BCUT2D eigenvalue weighted by atomic mass is 9.85. The van der Waals surface area contributed by atoms with E-state index in [4.69, 9.17) is 16.3 Å². The van der Waals surface area contributed by atoms with Gasteiger partial charge < -0.3 is 15.0 Å². The van der Waals surface area contributed by atoms with Crippen LogP contribution in [-0.4, -0.2) is 69.2 Å². The van der Waals surface area contributed by atoms with Crippen LogP contribution in [0.1, 0.15) is 37.8 Å². The van der Waals surface area contributed by atoms with Crippen LogP contribution >= 0.6 is 11.6 Å². The summed E-state index contributed by atoms with van der Waals surface area (Å²) in [6.45, 7) is 7.86. The Morgan fingerprint density at radius 3 is 2.93 bits per heavy atom. The fraction of sp³-hybridized carbons (Fsp3) is 0.682. The zero-order valence-corrected chi connectivity index (χ0v) is 18.3. The first kappa shape index (κ1) is 21.4. The van der Waals surface area contributed by atoms with Gasteiger partial charge in [-0.3, -0.25) is 9.89 Å². The summed E-state index contributed by atoms with van der Waals surface area (Å²) in [4.78, 5) is 9.41. The molecular formula is C22H35ClN4O. The molecule has 0 aromatic heterocycles. The van der Waals surface area contributed by atoms with Gasteiger partial charge in [0, 0.05) is 50.3 Å². The van der Waals surface area contributed by atoms with Crippen LogP contribution in [0, 0.1) is 11.8 Å². The van der Waals surface area contributed by atoms with E-state index in [9.17, 15) is 0 Å². The molecule has 2 fully saturated rings. The van der Waals surface area contributed by atoms with E-state index < -0.39 is 0 Å². The number of hydrogen-bond donors (Lipinski definition) is 1.